The average molecular weight is 371 g/mol. The van der Waals surface area contributed by atoms with E-state index in [9.17, 15) is 9.59 Å². The van der Waals surface area contributed by atoms with Gasteiger partial charge in [-0.05, 0) is 25.0 Å². The molecule has 1 amide bonds. The molecule has 3 rings (SSSR count). The van der Waals surface area contributed by atoms with Gasteiger partial charge < -0.3 is 19.2 Å². The van der Waals surface area contributed by atoms with Crippen LogP contribution in [0.25, 0.3) is 17.0 Å². The lowest BCUT2D eigenvalue weighted by molar-refractivity contribution is -0.138. The molecular formula is C21H25NO5. The van der Waals surface area contributed by atoms with Gasteiger partial charge in [0, 0.05) is 49.2 Å². The number of furan rings is 1. The zero-order valence-electron chi connectivity index (χ0n) is 15.5. The molecule has 2 aromatic rings. The Morgan fingerprint density at radius 1 is 1.26 bits per heavy atom. The van der Waals surface area contributed by atoms with Gasteiger partial charge in [0.25, 0.3) is 0 Å². The smallest absolute Gasteiger partial charge is 0.305 e. The molecule has 1 aromatic carbocycles. The first kappa shape index (κ1) is 19.2. The first-order valence-electron chi connectivity index (χ1n) is 9.38. The molecule has 0 unspecified atom stereocenters. The normalized spacial score (nSPS) is 15.4. The lowest BCUT2D eigenvalue weighted by Gasteiger charge is -2.33. The number of ether oxygens (including phenoxy) is 1. The summed E-state index contributed by atoms with van der Waals surface area (Å²) in [5.74, 6) is -0.239. The van der Waals surface area contributed by atoms with Gasteiger partial charge in [0.1, 0.15) is 11.3 Å². The number of carbonyl (C=O) groups excluding carboxylic acids is 1. The van der Waals surface area contributed by atoms with Gasteiger partial charge in [-0.15, -0.1) is 0 Å². The molecule has 0 atom stereocenters. The lowest BCUT2D eigenvalue weighted by Crippen LogP contribution is -2.43. The molecule has 1 fully saturated rings. The molecule has 0 spiro atoms. The number of para-hydroxylation sites is 1. The Morgan fingerprint density at radius 3 is 2.70 bits per heavy atom. The molecule has 27 heavy (non-hydrogen) atoms. The van der Waals surface area contributed by atoms with Gasteiger partial charge in [-0.3, -0.25) is 9.59 Å². The predicted octanol–water partition coefficient (Wildman–Crippen LogP) is 3.49. The fraction of sp³-hybridized carbons (Fsp3) is 0.429. The number of aryl methyl sites for hydroxylation is 1. The fourth-order valence-electron chi connectivity index (χ4n) is 3.50. The molecule has 1 aliphatic heterocycles. The highest BCUT2D eigenvalue weighted by molar-refractivity contribution is 5.96. The van der Waals surface area contributed by atoms with Gasteiger partial charge in [0.2, 0.25) is 5.91 Å². The van der Waals surface area contributed by atoms with Crippen molar-refractivity contribution >= 4 is 28.9 Å². The summed E-state index contributed by atoms with van der Waals surface area (Å²) in [6.45, 7) is 3.41. The number of nitrogens with zero attached hydrogens (tertiary/aromatic N) is 1. The summed E-state index contributed by atoms with van der Waals surface area (Å²) in [5, 5.41) is 9.99. The Bertz CT molecular complexity index is 832. The van der Waals surface area contributed by atoms with Crippen molar-refractivity contribution in [2.24, 2.45) is 0 Å². The van der Waals surface area contributed by atoms with Crippen LogP contribution in [0.15, 0.2) is 34.8 Å². The molecule has 1 N–H and O–H groups in total. The minimum absolute atomic E-state index is 0.0157. The summed E-state index contributed by atoms with van der Waals surface area (Å²) in [6, 6.07) is 7.76. The van der Waals surface area contributed by atoms with Crippen LogP contribution in [-0.4, -0.2) is 47.7 Å². The number of carboxylic acids is 1. The third-order valence-electron chi connectivity index (χ3n) is 4.91. The van der Waals surface area contributed by atoms with E-state index in [0.717, 1.165) is 41.6 Å². The Morgan fingerprint density at radius 2 is 2.00 bits per heavy atom. The quantitative estimate of drug-likeness (QED) is 0.754. The molecule has 144 valence electrons. The van der Waals surface area contributed by atoms with E-state index >= 15 is 0 Å². The third kappa shape index (κ3) is 4.57. The van der Waals surface area contributed by atoms with Crippen LogP contribution in [0.2, 0.25) is 0 Å². The molecule has 1 aliphatic rings. The molecular weight excluding hydrogens is 346 g/mol. The Labute approximate surface area is 158 Å². The highest BCUT2D eigenvalue weighted by atomic mass is 16.5. The number of aliphatic carboxylic acids is 1. The van der Waals surface area contributed by atoms with E-state index in [2.05, 4.69) is 0 Å². The summed E-state index contributed by atoms with van der Waals surface area (Å²) >= 11 is 0. The van der Waals surface area contributed by atoms with Gasteiger partial charge >= 0.3 is 5.97 Å². The molecule has 6 heteroatoms. The fourth-order valence-corrected chi connectivity index (χ4v) is 3.50. The third-order valence-corrected chi connectivity index (χ3v) is 4.91. The van der Waals surface area contributed by atoms with Crippen molar-refractivity contribution < 1.29 is 23.8 Å². The summed E-state index contributed by atoms with van der Waals surface area (Å²) in [5.41, 5.74) is 1.71. The molecule has 0 bridgehead atoms. The zero-order chi connectivity index (χ0) is 19.2. The van der Waals surface area contributed by atoms with Gasteiger partial charge in [-0.1, -0.05) is 25.1 Å². The van der Waals surface area contributed by atoms with Crippen LogP contribution in [-0.2, 0) is 20.7 Å². The van der Waals surface area contributed by atoms with Crippen molar-refractivity contribution in [3.05, 3.63) is 41.7 Å². The lowest BCUT2D eigenvalue weighted by atomic mass is 10.1. The van der Waals surface area contributed by atoms with Crippen LogP contribution in [0.1, 0.15) is 37.5 Å². The SMILES string of the molecule is CCc1oc2ccccc2c1/C=C/C(=O)N(CCC(=O)O)C1CCOCC1. The van der Waals surface area contributed by atoms with Crippen molar-refractivity contribution in [1.82, 2.24) is 4.90 Å². The van der Waals surface area contributed by atoms with E-state index in [-0.39, 0.29) is 24.9 Å². The molecule has 0 saturated carbocycles. The summed E-state index contributed by atoms with van der Waals surface area (Å²) in [6.07, 6.45) is 5.45. The summed E-state index contributed by atoms with van der Waals surface area (Å²) < 4.78 is 11.2. The first-order chi connectivity index (χ1) is 13.1. The van der Waals surface area contributed by atoms with Crippen molar-refractivity contribution in [2.45, 2.75) is 38.6 Å². The molecule has 6 nitrogen and oxygen atoms in total. The van der Waals surface area contributed by atoms with E-state index in [0.29, 0.717) is 13.2 Å². The van der Waals surface area contributed by atoms with E-state index in [1.54, 1.807) is 11.0 Å². The monoisotopic (exact) mass is 371 g/mol. The minimum Gasteiger partial charge on any atom is -0.481 e. The second-order valence-electron chi connectivity index (χ2n) is 6.64. The van der Waals surface area contributed by atoms with E-state index in [4.69, 9.17) is 14.3 Å². The first-order valence-corrected chi connectivity index (χ1v) is 9.38. The largest absolute Gasteiger partial charge is 0.481 e. The maximum atomic E-state index is 12.9. The predicted molar refractivity (Wildman–Crippen MR) is 102 cm³/mol. The molecule has 0 aliphatic carbocycles. The Kier molecular flexibility index (Phi) is 6.29. The summed E-state index contributed by atoms with van der Waals surface area (Å²) in [7, 11) is 0. The van der Waals surface area contributed by atoms with Crippen molar-refractivity contribution in [3.63, 3.8) is 0 Å². The van der Waals surface area contributed by atoms with Gasteiger partial charge in [-0.25, -0.2) is 0 Å². The van der Waals surface area contributed by atoms with E-state index < -0.39 is 5.97 Å². The van der Waals surface area contributed by atoms with Crippen molar-refractivity contribution in [1.29, 1.82) is 0 Å². The van der Waals surface area contributed by atoms with E-state index in [1.165, 1.54) is 6.08 Å². The van der Waals surface area contributed by atoms with Crippen LogP contribution in [0.5, 0.6) is 0 Å². The highest BCUT2D eigenvalue weighted by Gasteiger charge is 2.25. The van der Waals surface area contributed by atoms with Gasteiger partial charge in [0.05, 0.1) is 6.42 Å². The second kappa shape index (κ2) is 8.86. The van der Waals surface area contributed by atoms with E-state index in [1.807, 2.05) is 31.2 Å². The zero-order valence-corrected chi connectivity index (χ0v) is 15.5. The maximum absolute atomic E-state index is 12.9. The molecule has 1 saturated heterocycles. The molecule has 2 heterocycles. The number of rotatable bonds is 7. The minimum atomic E-state index is -0.905. The van der Waals surface area contributed by atoms with Crippen LogP contribution in [0.3, 0.4) is 0 Å². The number of amides is 1. The van der Waals surface area contributed by atoms with Crippen molar-refractivity contribution in [3.8, 4) is 0 Å². The van der Waals surface area contributed by atoms with Gasteiger partial charge in [-0.2, -0.15) is 0 Å². The van der Waals surface area contributed by atoms with Crippen LogP contribution in [0, 0.1) is 0 Å². The van der Waals surface area contributed by atoms with Crippen molar-refractivity contribution in [2.75, 3.05) is 19.8 Å². The Balaban J connectivity index is 1.82. The highest BCUT2D eigenvalue weighted by Crippen LogP contribution is 2.27. The maximum Gasteiger partial charge on any atom is 0.305 e. The summed E-state index contributed by atoms with van der Waals surface area (Å²) in [4.78, 5) is 25.5. The topological polar surface area (TPSA) is 80.0 Å². The number of hydrogen-bond acceptors (Lipinski definition) is 4. The number of carboxylic acid groups (broad SMARTS) is 1. The average Bonchev–Trinajstić information content (AvgIpc) is 3.05. The van der Waals surface area contributed by atoms with Gasteiger partial charge in [0.15, 0.2) is 0 Å². The number of benzene rings is 1. The number of hydrogen-bond donors (Lipinski definition) is 1. The van der Waals surface area contributed by atoms with Crippen LogP contribution >= 0.6 is 0 Å². The number of carbonyl (C=O) groups is 2. The second-order valence-corrected chi connectivity index (χ2v) is 6.64. The van der Waals surface area contributed by atoms with Crippen LogP contribution in [0.4, 0.5) is 0 Å². The standard InChI is InChI=1S/C21H25NO5/c1-2-18-17(16-5-3-4-6-19(16)27-18)7-8-20(23)22(12-9-21(24)25)15-10-13-26-14-11-15/h3-8,15H,2,9-14H2,1H3,(H,24,25)/b8-7+. The number of fused-ring (bicyclic) bond motifs is 1. The molecule has 1 aromatic heterocycles. The van der Waals surface area contributed by atoms with Crippen LogP contribution < -0.4 is 0 Å². The Hall–Kier alpha value is -2.60. The molecule has 0 radical (unpaired) electrons.